The summed E-state index contributed by atoms with van der Waals surface area (Å²) in [7, 11) is 0. The second-order valence-corrected chi connectivity index (χ2v) is 5.89. The van der Waals surface area contributed by atoms with E-state index in [1.165, 1.54) is 6.08 Å². The van der Waals surface area contributed by atoms with Crippen molar-refractivity contribution in [1.29, 1.82) is 0 Å². The Balaban J connectivity index is 2.76. The van der Waals surface area contributed by atoms with Crippen LogP contribution >= 0.6 is 0 Å². The van der Waals surface area contributed by atoms with Gasteiger partial charge in [-0.15, -0.1) is 0 Å². The molecule has 6 heteroatoms. The highest BCUT2D eigenvalue weighted by atomic mass is 16.6. The molecular weight excluding hydrogens is 248 g/mol. The van der Waals surface area contributed by atoms with Crippen molar-refractivity contribution in [1.82, 2.24) is 5.01 Å². The van der Waals surface area contributed by atoms with Crippen LogP contribution in [0, 0.1) is 5.92 Å². The van der Waals surface area contributed by atoms with Crippen molar-refractivity contribution in [2.24, 2.45) is 11.0 Å². The van der Waals surface area contributed by atoms with Gasteiger partial charge in [-0.2, -0.15) is 5.01 Å². The number of carbonyl (C=O) groups excluding carboxylic acids is 2. The van der Waals surface area contributed by atoms with E-state index in [9.17, 15) is 14.7 Å². The number of isocyanates is 1. The third-order valence-electron chi connectivity index (χ3n) is 3.09. The molecule has 1 rings (SSSR count). The Labute approximate surface area is 113 Å². The van der Waals surface area contributed by atoms with Gasteiger partial charge in [0.2, 0.25) is 0 Å². The first-order valence-corrected chi connectivity index (χ1v) is 6.58. The lowest BCUT2D eigenvalue weighted by Crippen LogP contribution is -2.42. The summed E-state index contributed by atoms with van der Waals surface area (Å²) in [5.74, 6) is 0.144. The molecule has 0 bridgehead atoms. The third kappa shape index (κ3) is 5.01. The summed E-state index contributed by atoms with van der Waals surface area (Å²) in [6.45, 7) is 5.35. The summed E-state index contributed by atoms with van der Waals surface area (Å²) >= 11 is 0. The molecule has 0 radical (unpaired) electrons. The number of ether oxygens (including phenoxy) is 1. The molecule has 0 heterocycles. The fraction of sp³-hybridized carbons (Fsp3) is 0.846. The quantitative estimate of drug-likeness (QED) is 0.483. The van der Waals surface area contributed by atoms with E-state index in [1.807, 2.05) is 0 Å². The van der Waals surface area contributed by atoms with Crippen LogP contribution in [0.5, 0.6) is 0 Å². The zero-order valence-electron chi connectivity index (χ0n) is 11.8. The molecule has 0 aromatic rings. The van der Waals surface area contributed by atoms with Gasteiger partial charge in [0.05, 0.1) is 6.04 Å². The van der Waals surface area contributed by atoms with Gasteiger partial charge < -0.3 is 9.84 Å². The van der Waals surface area contributed by atoms with Crippen LogP contribution in [0.2, 0.25) is 0 Å². The van der Waals surface area contributed by atoms with E-state index < -0.39 is 11.7 Å². The summed E-state index contributed by atoms with van der Waals surface area (Å²) in [6.07, 6.45) is 3.96. The predicted octanol–water partition coefficient (Wildman–Crippen LogP) is 2.03. The molecule has 1 fully saturated rings. The average Bonchev–Trinajstić information content (AvgIpc) is 2.33. The van der Waals surface area contributed by atoms with E-state index in [2.05, 4.69) is 5.10 Å². The van der Waals surface area contributed by atoms with Crippen LogP contribution in [-0.2, 0) is 9.53 Å². The third-order valence-corrected chi connectivity index (χ3v) is 3.09. The summed E-state index contributed by atoms with van der Waals surface area (Å²) in [4.78, 5) is 22.5. The van der Waals surface area contributed by atoms with Crippen molar-refractivity contribution >= 4 is 12.2 Å². The maximum Gasteiger partial charge on any atom is 0.431 e. The van der Waals surface area contributed by atoms with Crippen molar-refractivity contribution < 1.29 is 19.4 Å². The molecule has 1 amide bonds. The molecule has 108 valence electrons. The van der Waals surface area contributed by atoms with Crippen LogP contribution in [-0.4, -0.2) is 40.5 Å². The Morgan fingerprint density at radius 1 is 1.47 bits per heavy atom. The molecule has 0 aromatic heterocycles. The fourth-order valence-electron chi connectivity index (χ4n) is 2.27. The second kappa shape index (κ2) is 6.68. The topological polar surface area (TPSA) is 79.2 Å². The molecule has 0 aliphatic heterocycles. The second-order valence-electron chi connectivity index (χ2n) is 5.89. The first-order chi connectivity index (χ1) is 8.87. The van der Waals surface area contributed by atoms with Gasteiger partial charge in [-0.3, -0.25) is 0 Å². The summed E-state index contributed by atoms with van der Waals surface area (Å²) in [5, 5.41) is 13.7. The van der Waals surface area contributed by atoms with Gasteiger partial charge in [0.1, 0.15) is 5.60 Å². The molecule has 1 aliphatic rings. The summed E-state index contributed by atoms with van der Waals surface area (Å²) in [6, 6.07) is -0.206. The minimum atomic E-state index is -0.640. The molecule has 19 heavy (non-hydrogen) atoms. The number of nitrogens with zero attached hydrogens (tertiary/aromatic N) is 2. The Hall–Kier alpha value is -1.39. The maximum atomic E-state index is 12.0. The molecule has 1 aliphatic carbocycles. The Bertz CT molecular complexity index is 358. The van der Waals surface area contributed by atoms with E-state index in [1.54, 1.807) is 20.8 Å². The zero-order valence-corrected chi connectivity index (χ0v) is 11.8. The molecule has 1 saturated carbocycles. The highest BCUT2D eigenvalue weighted by Crippen LogP contribution is 2.28. The number of hydrazone groups is 1. The molecule has 2 unspecified atom stereocenters. The van der Waals surface area contributed by atoms with Crippen molar-refractivity contribution in [3.63, 3.8) is 0 Å². The number of carbonyl (C=O) groups is 1. The Kier molecular flexibility index (Phi) is 5.51. The largest absolute Gasteiger partial charge is 0.442 e. The minimum Gasteiger partial charge on any atom is -0.442 e. The van der Waals surface area contributed by atoms with Crippen LogP contribution in [0.3, 0.4) is 0 Å². The normalized spacial score (nSPS) is 23.4. The smallest absolute Gasteiger partial charge is 0.431 e. The van der Waals surface area contributed by atoms with Gasteiger partial charge in [-0.05, 0) is 46.0 Å². The van der Waals surface area contributed by atoms with Crippen LogP contribution in [0.25, 0.3) is 0 Å². The lowest BCUT2D eigenvalue weighted by Gasteiger charge is -2.33. The van der Waals surface area contributed by atoms with Gasteiger partial charge >= 0.3 is 6.09 Å². The number of rotatable bonds is 3. The first-order valence-electron chi connectivity index (χ1n) is 6.58. The number of hydrogen-bond donors (Lipinski definition) is 1. The lowest BCUT2D eigenvalue weighted by molar-refractivity contribution is 0.00780. The van der Waals surface area contributed by atoms with Crippen LogP contribution in [0.1, 0.15) is 46.5 Å². The number of aliphatic hydroxyl groups is 1. The molecule has 0 aromatic carbocycles. The highest BCUT2D eigenvalue weighted by molar-refractivity contribution is 5.68. The van der Waals surface area contributed by atoms with E-state index in [4.69, 9.17) is 4.74 Å². The van der Waals surface area contributed by atoms with E-state index in [-0.39, 0.29) is 18.6 Å². The number of aliphatic hydroxyl groups excluding tert-OH is 1. The predicted molar refractivity (Wildman–Crippen MR) is 69.0 cm³/mol. The lowest BCUT2D eigenvalue weighted by atomic mass is 9.86. The maximum absolute atomic E-state index is 12.0. The summed E-state index contributed by atoms with van der Waals surface area (Å²) < 4.78 is 5.23. The van der Waals surface area contributed by atoms with Gasteiger partial charge in [0, 0.05) is 6.61 Å². The Morgan fingerprint density at radius 3 is 2.68 bits per heavy atom. The molecular formula is C13H22N2O4. The molecule has 1 N–H and O–H groups in total. The van der Waals surface area contributed by atoms with E-state index >= 15 is 0 Å². The standard InChI is InChI=1S/C13H22N2O4/c1-13(2,3)19-12(18)15(14-9-17)11-6-4-5-10(7-11)8-16/h10-11,16H,4-8H2,1-3H3. The monoisotopic (exact) mass is 270 g/mol. The fourth-order valence-corrected chi connectivity index (χ4v) is 2.27. The molecule has 2 atom stereocenters. The molecule has 6 nitrogen and oxygen atoms in total. The number of amides is 1. The number of hydrogen-bond acceptors (Lipinski definition) is 5. The summed E-state index contributed by atoms with van der Waals surface area (Å²) in [5.41, 5.74) is -0.640. The highest BCUT2D eigenvalue weighted by Gasteiger charge is 2.32. The van der Waals surface area contributed by atoms with Crippen molar-refractivity contribution in [3.8, 4) is 0 Å². The average molecular weight is 270 g/mol. The van der Waals surface area contributed by atoms with Gasteiger partial charge in [-0.25, -0.2) is 9.59 Å². The van der Waals surface area contributed by atoms with Gasteiger partial charge in [-0.1, -0.05) is 11.5 Å². The first kappa shape index (κ1) is 15.7. The van der Waals surface area contributed by atoms with Crippen LogP contribution in [0.15, 0.2) is 5.10 Å². The SMILES string of the molecule is CC(C)(C)OC(=O)N(N=C=O)C1CCCC(CO)C1. The van der Waals surface area contributed by atoms with Crippen LogP contribution < -0.4 is 0 Å². The molecule has 0 saturated heterocycles. The van der Waals surface area contributed by atoms with Gasteiger partial charge in [0.15, 0.2) is 0 Å². The minimum absolute atomic E-state index is 0.0868. The van der Waals surface area contributed by atoms with Crippen LogP contribution in [0.4, 0.5) is 4.79 Å². The van der Waals surface area contributed by atoms with Crippen molar-refractivity contribution in [3.05, 3.63) is 0 Å². The van der Waals surface area contributed by atoms with Crippen molar-refractivity contribution in [2.75, 3.05) is 6.61 Å². The zero-order chi connectivity index (χ0) is 14.5. The van der Waals surface area contributed by atoms with E-state index in [0.29, 0.717) is 6.42 Å². The molecule has 0 spiro atoms. The van der Waals surface area contributed by atoms with Crippen molar-refractivity contribution in [2.45, 2.75) is 58.1 Å². The van der Waals surface area contributed by atoms with Gasteiger partial charge in [0.25, 0.3) is 6.08 Å². The van der Waals surface area contributed by atoms with E-state index in [0.717, 1.165) is 24.3 Å². The Morgan fingerprint density at radius 2 is 2.16 bits per heavy atom.